The topological polar surface area (TPSA) is 107 Å². The predicted octanol–water partition coefficient (Wildman–Crippen LogP) is 26.5. The smallest absolute Gasteiger partial charge is 0.0963 e. The second kappa shape index (κ2) is 36.8. The molecule has 0 atom stereocenters. The number of hydrogen-bond acceptors (Lipinski definition) is 6. The maximum atomic E-state index is 4.78. The van der Waals surface area contributed by atoms with Gasteiger partial charge < -0.3 is 27.4 Å². The van der Waals surface area contributed by atoms with Gasteiger partial charge in [-0.25, -0.2) is 0 Å². The van der Waals surface area contributed by atoms with Crippen molar-refractivity contribution in [2.45, 2.75) is 80.6 Å². The first kappa shape index (κ1) is 83.7. The number of para-hydroxylation sites is 3. The van der Waals surface area contributed by atoms with Gasteiger partial charge in [0.2, 0.25) is 0 Å². The van der Waals surface area contributed by atoms with Crippen LogP contribution in [-0.4, -0.2) is 57.3 Å². The van der Waals surface area contributed by atoms with Gasteiger partial charge in [-0.2, -0.15) is 0 Å². The Morgan fingerprint density at radius 3 is 1.24 bits per heavy atom. The number of aromatic nitrogens is 12. The third-order valence-electron chi connectivity index (χ3n) is 23.2. The second-order valence-electron chi connectivity index (χ2n) is 31.0. The van der Waals surface area contributed by atoms with Crippen LogP contribution in [0.1, 0.15) is 71.6 Å². The van der Waals surface area contributed by atoms with Crippen molar-refractivity contribution in [2.24, 2.45) is 0 Å². The molecule has 0 aliphatic heterocycles. The van der Waals surface area contributed by atoms with Crippen LogP contribution in [0.2, 0.25) is 0 Å². The first-order chi connectivity index (χ1) is 59.0. The summed E-state index contributed by atoms with van der Waals surface area (Å²) in [4.78, 5) is 27.7. The molecule has 0 bridgehead atoms. The number of imidazole rings is 3. The average molecular weight is 2130 g/mol. The molecule has 0 saturated carbocycles. The minimum atomic E-state index is 0. The Hall–Kier alpha value is -12.9. The van der Waals surface area contributed by atoms with Gasteiger partial charge in [-0.15, -0.1) is 108 Å². The van der Waals surface area contributed by atoms with E-state index in [-0.39, 0.29) is 60.3 Å². The number of hydrogen-bond donors (Lipinski definition) is 0. The third kappa shape index (κ3) is 16.1. The molecule has 9 heterocycles. The van der Waals surface area contributed by atoms with Crippen molar-refractivity contribution in [3.05, 3.63) is 398 Å². The van der Waals surface area contributed by atoms with Gasteiger partial charge in [0.15, 0.2) is 0 Å². The Morgan fingerprint density at radius 2 is 0.732 bits per heavy atom. The molecular weight excluding hydrogens is 2040 g/mol. The number of benzene rings is 12. The predicted molar refractivity (Wildman–Crippen MR) is 492 cm³/mol. The molecule has 3 radical (unpaired) electrons. The van der Waals surface area contributed by atoms with Gasteiger partial charge in [-0.05, 0) is 236 Å². The fraction of sp³-hybridized carbons (Fsp3) is 0.111. The van der Waals surface area contributed by atoms with Crippen LogP contribution in [0.5, 0.6) is 0 Å². The van der Waals surface area contributed by atoms with E-state index in [1.165, 1.54) is 126 Å². The van der Waals surface area contributed by atoms with E-state index in [4.69, 9.17) is 9.97 Å². The molecule has 0 aliphatic rings. The zero-order valence-corrected chi connectivity index (χ0v) is 76.4. The van der Waals surface area contributed by atoms with E-state index >= 15 is 0 Å². The molecule has 12 aromatic carbocycles. The summed E-state index contributed by atoms with van der Waals surface area (Å²) in [6.07, 6.45) is 27.2. The van der Waals surface area contributed by atoms with Crippen LogP contribution in [0.4, 0.5) is 0 Å². The molecule has 21 rings (SSSR count). The molecule has 0 fully saturated rings. The first-order valence-corrected chi connectivity index (χ1v) is 41.2. The summed E-state index contributed by atoms with van der Waals surface area (Å²) in [5.41, 5.74) is 33.9. The third-order valence-corrected chi connectivity index (χ3v) is 23.2. The zero-order chi connectivity index (χ0) is 81.3. The molecule has 21 aromatic rings. The Bertz CT molecular complexity index is 7210. The van der Waals surface area contributed by atoms with Crippen LogP contribution in [-0.2, 0) is 66.7 Å². The van der Waals surface area contributed by atoms with Crippen LogP contribution >= 0.6 is 0 Å². The number of unbranched alkanes of at least 4 members (excludes halogenated alkanes) is 3. The second-order valence-corrected chi connectivity index (χ2v) is 31.0. The van der Waals surface area contributed by atoms with Crippen molar-refractivity contribution in [3.8, 4) is 102 Å². The van der Waals surface area contributed by atoms with Crippen LogP contribution in [0.3, 0.4) is 0 Å². The van der Waals surface area contributed by atoms with Gasteiger partial charge >= 0.3 is 0 Å². The minimum absolute atomic E-state index is 0. The standard InChI is InChI=1S/C39H36N5.C35H26N3.C34H25N4.3Ir/c1-4-5-6-8-14-30-23-27(2)38(43-22-21-42-39(43)29-12-9-7-10-13-29)28(3)37(30)31-15-11-16-32(24-31)44-35-17-19-40-25-33(35)34-26-41-20-18-36(34)44;1-24-21-28(22-25(2)34(24)37-20-19-36-35(37)26-11-4-3-5-12-26)27-13-10-14-29(23-27)38-32-17-8-6-15-30(32)31-16-7-9-18-33(31)38;1-23-20-27(21-24(2)33(23)37-19-18-36-34(37)25-10-5-3-6-11-25)26-15-16-30-29(22-26)32-31(14-9-17-35-32)38(30)28-12-7-4-8-13-28;;;/h7,9-12,15-26H,4-6,8,14H2,1-3H3;3-11,13-23H,1-2H3;3-10,12-22H,1-2H3;;;/q3*-1;;;. The molecule has 0 saturated heterocycles. The average Bonchev–Trinajstić information content (AvgIpc) is 1.62. The molecule has 0 unspecified atom stereocenters. The van der Waals surface area contributed by atoms with E-state index in [1.807, 2.05) is 135 Å². The monoisotopic (exact) mass is 2130 g/mol. The SMILES string of the molecule is CCCCCCc1cc(C)c(-n2ccnc2-c2[c-]cccc2)c(C)c1-c1cccc(-n2c3ccncc3c3cnccc32)c1.Cc1cc(-c2ccc3c(c2)c2ncccc2n3-c2ccccc2)cc(C)c1-n1ccnc1-c1[c-]cccc1.Cc1cc(-c2cccc(-n3c4ccccc4c4ccccc43)c2)cc(C)c1-n1ccnc1-c1[c-]cccc1.[Ir].[Ir].[Ir]. The van der Waals surface area contributed by atoms with Crippen molar-refractivity contribution in [1.82, 2.24) is 57.3 Å². The van der Waals surface area contributed by atoms with Crippen LogP contribution < -0.4 is 0 Å². The maximum Gasteiger partial charge on any atom is 0.0963 e. The Morgan fingerprint density at radius 1 is 0.301 bits per heavy atom. The summed E-state index contributed by atoms with van der Waals surface area (Å²) in [7, 11) is 0. The Kier molecular flexibility index (Phi) is 25.0. The molecule has 0 amide bonds. The van der Waals surface area contributed by atoms with Crippen LogP contribution in [0.25, 0.3) is 167 Å². The molecule has 15 heteroatoms. The largest absolute Gasteiger partial charge is 0.340 e. The van der Waals surface area contributed by atoms with E-state index in [1.54, 1.807) is 0 Å². The summed E-state index contributed by atoms with van der Waals surface area (Å²) in [5.74, 6) is 2.70. The molecule has 0 N–H and O–H groups in total. The Balaban J connectivity index is 0.000000135. The van der Waals surface area contributed by atoms with Gasteiger partial charge in [0.25, 0.3) is 0 Å². The van der Waals surface area contributed by atoms with Crippen LogP contribution in [0, 0.1) is 59.7 Å². The normalized spacial score (nSPS) is 11.2. The van der Waals surface area contributed by atoms with Crippen LogP contribution in [0.15, 0.2) is 341 Å². The first-order valence-electron chi connectivity index (χ1n) is 41.2. The maximum absolute atomic E-state index is 4.78. The number of nitrogens with zero attached hydrogens (tertiary/aromatic N) is 12. The number of rotatable bonds is 17. The van der Waals surface area contributed by atoms with Gasteiger partial charge in [-0.1, -0.05) is 117 Å². The fourth-order valence-corrected chi connectivity index (χ4v) is 18.1. The summed E-state index contributed by atoms with van der Waals surface area (Å²) < 4.78 is 13.6. The number of aryl methyl sites for hydroxylation is 6. The molecule has 609 valence electrons. The summed E-state index contributed by atoms with van der Waals surface area (Å²) in [6.45, 7) is 15.5. The van der Waals surface area contributed by atoms with E-state index in [2.05, 4.69) is 320 Å². The van der Waals surface area contributed by atoms with Gasteiger partial charge in [-0.3, -0.25) is 29.9 Å². The molecule has 12 nitrogen and oxygen atoms in total. The van der Waals surface area contributed by atoms with E-state index in [0.29, 0.717) is 0 Å². The molecule has 0 aliphatic carbocycles. The fourth-order valence-electron chi connectivity index (χ4n) is 18.1. The van der Waals surface area contributed by atoms with Crippen molar-refractivity contribution in [2.75, 3.05) is 0 Å². The summed E-state index contributed by atoms with van der Waals surface area (Å²) in [5, 5.41) is 5.92. The van der Waals surface area contributed by atoms with Gasteiger partial charge in [0, 0.05) is 190 Å². The molecule has 123 heavy (non-hydrogen) atoms. The summed E-state index contributed by atoms with van der Waals surface area (Å²) >= 11 is 0. The molecule has 0 spiro atoms. The van der Waals surface area contributed by atoms with Crippen molar-refractivity contribution in [1.29, 1.82) is 0 Å². The number of fused-ring (bicyclic) bond motifs is 9. The van der Waals surface area contributed by atoms with Gasteiger partial charge in [0.05, 0.1) is 56.1 Å². The van der Waals surface area contributed by atoms with E-state index in [9.17, 15) is 0 Å². The molecule has 9 aromatic heterocycles. The van der Waals surface area contributed by atoms with Crippen molar-refractivity contribution in [3.63, 3.8) is 0 Å². The van der Waals surface area contributed by atoms with Crippen molar-refractivity contribution < 1.29 is 60.3 Å². The minimum Gasteiger partial charge on any atom is -0.340 e. The zero-order valence-electron chi connectivity index (χ0n) is 69.2. The van der Waals surface area contributed by atoms with E-state index < -0.39 is 0 Å². The Labute approximate surface area is 757 Å². The quantitative estimate of drug-likeness (QED) is 0.0664. The van der Waals surface area contributed by atoms with E-state index in [0.717, 1.165) is 113 Å². The van der Waals surface area contributed by atoms with Crippen molar-refractivity contribution >= 4 is 65.5 Å². The molecular formula is C108H87Ir3N12-3. The summed E-state index contributed by atoms with van der Waals surface area (Å²) in [6, 6.07) is 106. The number of pyridine rings is 3. The van der Waals surface area contributed by atoms with Gasteiger partial charge in [0.1, 0.15) is 0 Å².